The molecule has 0 spiro atoms. The van der Waals surface area contributed by atoms with Gasteiger partial charge < -0.3 is 0 Å². The number of nitrogens with zero attached hydrogens (tertiary/aromatic N) is 2. The molecule has 0 amide bonds. The Balaban J connectivity index is 0.000000146. The lowest BCUT2D eigenvalue weighted by molar-refractivity contribution is -0.472. The van der Waals surface area contributed by atoms with E-state index >= 15 is 0 Å². The van der Waals surface area contributed by atoms with Crippen LogP contribution in [0.2, 0.25) is 0 Å². The van der Waals surface area contributed by atoms with Crippen molar-refractivity contribution < 1.29 is 3.59 Å². The fourth-order valence-electron chi connectivity index (χ4n) is 1.27. The Hall–Kier alpha value is -0.570. The molecule has 0 atom stereocenters. The summed E-state index contributed by atoms with van der Waals surface area (Å²) in [4.78, 5) is 0. The normalized spacial score (nSPS) is 14.4. The second kappa shape index (κ2) is 6.02. The fraction of sp³-hybridized carbons (Fsp3) is 0.545. The molecule has 0 radical (unpaired) electrons. The first kappa shape index (κ1) is 11.5. The van der Waals surface area contributed by atoms with E-state index in [9.17, 15) is 0 Å². The van der Waals surface area contributed by atoms with E-state index in [1.807, 2.05) is 23.3 Å². The third kappa shape index (κ3) is 4.61. The Bertz CT molecular complexity index is 277. The van der Waals surface area contributed by atoms with Crippen LogP contribution in [0.4, 0.5) is 0 Å². The van der Waals surface area contributed by atoms with Gasteiger partial charge >= 0.3 is 0 Å². The Morgan fingerprint density at radius 1 is 1.64 bits per heavy atom. The van der Waals surface area contributed by atoms with Gasteiger partial charge in [0.25, 0.3) is 6.33 Å². The molecule has 1 aromatic heterocycles. The van der Waals surface area contributed by atoms with Crippen LogP contribution in [0.1, 0.15) is 32.6 Å². The molecule has 0 unspecified atom stereocenters. The SMILES string of the molecule is C=Cn1cc[n+](Br)c1.CCCC1CC1. The number of hydrogen-bond acceptors (Lipinski definition) is 0. The van der Waals surface area contributed by atoms with Crippen molar-refractivity contribution >= 4 is 22.3 Å². The van der Waals surface area contributed by atoms with Crippen LogP contribution in [0.15, 0.2) is 25.3 Å². The molecule has 0 aliphatic heterocycles. The lowest BCUT2D eigenvalue weighted by Gasteiger charge is -1.82. The number of rotatable bonds is 3. The topological polar surface area (TPSA) is 8.81 Å². The summed E-state index contributed by atoms with van der Waals surface area (Å²) in [6.07, 6.45) is 13.3. The van der Waals surface area contributed by atoms with E-state index in [0.717, 1.165) is 5.92 Å². The molecule has 3 heteroatoms. The second-order valence-electron chi connectivity index (χ2n) is 3.62. The van der Waals surface area contributed by atoms with Gasteiger partial charge in [-0.1, -0.05) is 39.2 Å². The summed E-state index contributed by atoms with van der Waals surface area (Å²) in [6.45, 7) is 5.84. The summed E-state index contributed by atoms with van der Waals surface area (Å²) in [7, 11) is 0. The molecular weight excluding hydrogens is 240 g/mol. The van der Waals surface area contributed by atoms with Gasteiger partial charge in [-0.3, -0.25) is 0 Å². The highest BCUT2D eigenvalue weighted by Gasteiger charge is 2.18. The third-order valence-electron chi connectivity index (χ3n) is 2.23. The zero-order valence-electron chi connectivity index (χ0n) is 8.69. The quantitative estimate of drug-likeness (QED) is 0.787. The summed E-state index contributed by atoms with van der Waals surface area (Å²) in [5.74, 6) is 1.15. The molecule has 1 aromatic rings. The van der Waals surface area contributed by atoms with Crippen LogP contribution < -0.4 is 3.59 Å². The van der Waals surface area contributed by atoms with Crippen molar-refractivity contribution in [2.75, 3.05) is 0 Å². The van der Waals surface area contributed by atoms with Crippen LogP contribution in [0.25, 0.3) is 6.20 Å². The first-order valence-electron chi connectivity index (χ1n) is 5.13. The Morgan fingerprint density at radius 3 is 2.57 bits per heavy atom. The van der Waals surface area contributed by atoms with Crippen LogP contribution >= 0.6 is 16.1 Å². The molecule has 1 fully saturated rings. The van der Waals surface area contributed by atoms with Crippen molar-refractivity contribution in [2.45, 2.75) is 32.6 Å². The fourth-order valence-corrected chi connectivity index (χ4v) is 1.58. The summed E-state index contributed by atoms with van der Waals surface area (Å²) in [5, 5.41) is 0. The summed E-state index contributed by atoms with van der Waals surface area (Å²) < 4.78 is 3.61. The standard InChI is InChI=1S/C6H12.C5H6BrN2/c1-2-3-6-4-5-6;1-2-7-3-4-8(6)5-7/h6H,2-5H2,1H3;2-5H,1H2/q;+1. The smallest absolute Gasteiger partial charge is 0.209 e. The Labute approximate surface area is 94.6 Å². The molecule has 0 aromatic carbocycles. The third-order valence-corrected chi connectivity index (χ3v) is 2.65. The van der Waals surface area contributed by atoms with Crippen molar-refractivity contribution in [3.8, 4) is 0 Å². The van der Waals surface area contributed by atoms with E-state index in [0.29, 0.717) is 0 Å². The van der Waals surface area contributed by atoms with Crippen LogP contribution in [-0.4, -0.2) is 4.57 Å². The maximum absolute atomic E-state index is 3.57. The van der Waals surface area contributed by atoms with E-state index in [1.54, 1.807) is 9.79 Å². The van der Waals surface area contributed by atoms with Crippen LogP contribution in [0, 0.1) is 5.92 Å². The van der Waals surface area contributed by atoms with Crippen molar-refractivity contribution in [3.63, 3.8) is 0 Å². The molecule has 0 N–H and O–H groups in total. The minimum atomic E-state index is 1.15. The van der Waals surface area contributed by atoms with Gasteiger partial charge in [0, 0.05) is 0 Å². The minimum absolute atomic E-state index is 1.15. The first-order valence-corrected chi connectivity index (χ1v) is 5.84. The van der Waals surface area contributed by atoms with Crippen molar-refractivity contribution in [2.24, 2.45) is 5.92 Å². The van der Waals surface area contributed by atoms with Gasteiger partial charge in [-0.25, -0.2) is 4.57 Å². The molecule has 1 aliphatic carbocycles. The van der Waals surface area contributed by atoms with E-state index in [1.165, 1.54) is 25.7 Å². The maximum Gasteiger partial charge on any atom is 0.259 e. The van der Waals surface area contributed by atoms with Crippen LogP contribution in [0.3, 0.4) is 0 Å². The molecule has 1 saturated carbocycles. The van der Waals surface area contributed by atoms with E-state index < -0.39 is 0 Å². The average Bonchev–Trinajstić information content (AvgIpc) is 2.89. The number of imidazole rings is 1. The highest BCUT2D eigenvalue weighted by Crippen LogP contribution is 2.32. The molecule has 0 saturated heterocycles. The zero-order valence-corrected chi connectivity index (χ0v) is 10.3. The van der Waals surface area contributed by atoms with Gasteiger partial charge in [0.05, 0.1) is 6.20 Å². The van der Waals surface area contributed by atoms with Gasteiger partial charge in [-0.05, 0) is 5.92 Å². The average molecular weight is 258 g/mol. The maximum atomic E-state index is 3.57. The second-order valence-corrected chi connectivity index (χ2v) is 4.44. The molecule has 1 heterocycles. The largest absolute Gasteiger partial charge is 0.259 e. The summed E-state index contributed by atoms with van der Waals surface area (Å²) in [6, 6.07) is 0. The Morgan fingerprint density at radius 2 is 2.36 bits per heavy atom. The monoisotopic (exact) mass is 257 g/mol. The van der Waals surface area contributed by atoms with Gasteiger partial charge in [0.15, 0.2) is 16.1 Å². The zero-order chi connectivity index (χ0) is 10.4. The number of aromatic nitrogens is 2. The first-order chi connectivity index (χ1) is 6.76. The molecule has 2 rings (SSSR count). The predicted molar refractivity (Wildman–Crippen MR) is 63.0 cm³/mol. The molecule has 1 aliphatic rings. The van der Waals surface area contributed by atoms with Crippen LogP contribution in [0.5, 0.6) is 0 Å². The molecular formula is C11H18BrN2+. The Kier molecular flexibility index (Phi) is 4.94. The molecule has 78 valence electrons. The van der Waals surface area contributed by atoms with Crippen molar-refractivity contribution in [1.82, 2.24) is 4.57 Å². The minimum Gasteiger partial charge on any atom is -0.209 e. The van der Waals surface area contributed by atoms with Crippen molar-refractivity contribution in [3.05, 3.63) is 25.3 Å². The van der Waals surface area contributed by atoms with Crippen LogP contribution in [-0.2, 0) is 0 Å². The van der Waals surface area contributed by atoms with E-state index in [2.05, 4.69) is 29.6 Å². The molecule has 14 heavy (non-hydrogen) atoms. The van der Waals surface area contributed by atoms with Gasteiger partial charge in [-0.15, -0.1) is 0 Å². The van der Waals surface area contributed by atoms with Gasteiger partial charge in [-0.2, -0.15) is 3.59 Å². The lowest BCUT2D eigenvalue weighted by Crippen LogP contribution is -2.12. The van der Waals surface area contributed by atoms with Gasteiger partial charge in [0.1, 0.15) is 12.4 Å². The lowest BCUT2D eigenvalue weighted by atomic mass is 10.2. The van der Waals surface area contributed by atoms with E-state index in [4.69, 9.17) is 0 Å². The summed E-state index contributed by atoms with van der Waals surface area (Å²) >= 11 is 3.22. The number of hydrogen-bond donors (Lipinski definition) is 0. The predicted octanol–water partition coefficient (Wildman–Crippen LogP) is 3.23. The van der Waals surface area contributed by atoms with E-state index in [-0.39, 0.29) is 0 Å². The number of halogens is 1. The van der Waals surface area contributed by atoms with Crippen molar-refractivity contribution in [1.29, 1.82) is 0 Å². The molecule has 0 bridgehead atoms. The highest BCUT2D eigenvalue weighted by molar-refractivity contribution is 9.04. The van der Waals surface area contributed by atoms with Gasteiger partial charge in [0.2, 0.25) is 0 Å². The molecule has 2 nitrogen and oxygen atoms in total. The highest BCUT2D eigenvalue weighted by atomic mass is 79.9. The summed E-state index contributed by atoms with van der Waals surface area (Å²) in [5.41, 5.74) is 0.